The average molecular weight is 461 g/mol. The van der Waals surface area contributed by atoms with E-state index in [-0.39, 0.29) is 41.0 Å². The molecule has 0 bridgehead atoms. The number of Topliss-reactive ketones (excluding diaryl/α,β-unsaturated/α-hetero) is 1. The van der Waals surface area contributed by atoms with Crippen molar-refractivity contribution in [2.45, 2.75) is 66.7 Å². The zero-order valence-corrected chi connectivity index (χ0v) is 20.4. The van der Waals surface area contributed by atoms with E-state index in [4.69, 9.17) is 21.8 Å². The van der Waals surface area contributed by atoms with Gasteiger partial charge in [-0.3, -0.25) is 10.1 Å². The number of amides is 1. The molecule has 1 aliphatic carbocycles. The van der Waals surface area contributed by atoms with Gasteiger partial charge in [-0.25, -0.2) is 4.79 Å². The summed E-state index contributed by atoms with van der Waals surface area (Å²) >= 11 is 5.48. The lowest BCUT2D eigenvalue weighted by atomic mass is 9.76. The Balaban J connectivity index is 2.46. The van der Waals surface area contributed by atoms with Crippen LogP contribution in [0.5, 0.6) is 0 Å². The zero-order valence-electron chi connectivity index (χ0n) is 19.6. The second kappa shape index (κ2) is 11.2. The van der Waals surface area contributed by atoms with Crippen LogP contribution in [-0.2, 0) is 14.4 Å². The third-order valence-corrected chi connectivity index (χ3v) is 5.83. The highest BCUT2D eigenvalue weighted by Crippen LogP contribution is 2.39. The lowest BCUT2D eigenvalue weighted by Gasteiger charge is -2.28. The molecule has 1 amide bonds. The molecule has 1 unspecified atom stereocenters. The summed E-state index contributed by atoms with van der Waals surface area (Å²) < 4.78 is 4.94. The van der Waals surface area contributed by atoms with E-state index < -0.39 is 6.09 Å². The van der Waals surface area contributed by atoms with Gasteiger partial charge < -0.3 is 14.7 Å². The smallest absolute Gasteiger partial charge is 0.412 e. The number of nitrogens with zero attached hydrogens (tertiary/aromatic N) is 1. The maximum Gasteiger partial charge on any atom is 0.412 e. The third kappa shape index (κ3) is 5.54. The SMILES string of the molecule is CCO/N=C(/CC)C1=C(O)CC(c2c(C)cc(C)c(C(=S)NC(=O)OCC)c2C)CC1=O. The quantitative estimate of drug-likeness (QED) is 0.334. The van der Waals surface area contributed by atoms with E-state index >= 15 is 0 Å². The Morgan fingerprint density at radius 2 is 1.88 bits per heavy atom. The fourth-order valence-corrected chi connectivity index (χ4v) is 4.75. The number of allylic oxidation sites excluding steroid dienone is 2. The Morgan fingerprint density at radius 1 is 1.19 bits per heavy atom. The van der Waals surface area contributed by atoms with Crippen molar-refractivity contribution >= 4 is 34.8 Å². The molecule has 0 radical (unpaired) electrons. The van der Waals surface area contributed by atoms with Gasteiger partial charge in [-0.05, 0) is 69.2 Å². The van der Waals surface area contributed by atoms with Crippen LogP contribution in [0.2, 0.25) is 0 Å². The van der Waals surface area contributed by atoms with Crippen LogP contribution in [0.3, 0.4) is 0 Å². The van der Waals surface area contributed by atoms with E-state index in [1.165, 1.54) is 0 Å². The molecule has 7 nitrogen and oxygen atoms in total. The molecule has 0 spiro atoms. The summed E-state index contributed by atoms with van der Waals surface area (Å²) in [6.45, 7) is 11.9. The Hall–Kier alpha value is -2.74. The minimum atomic E-state index is -0.600. The molecule has 1 aromatic rings. The molecule has 2 rings (SSSR count). The minimum absolute atomic E-state index is 0.0275. The summed E-state index contributed by atoms with van der Waals surface area (Å²) in [7, 11) is 0. The fraction of sp³-hybridized carbons (Fsp3) is 0.500. The van der Waals surface area contributed by atoms with Gasteiger partial charge in [0.25, 0.3) is 0 Å². The Labute approximate surface area is 194 Å². The van der Waals surface area contributed by atoms with Gasteiger partial charge >= 0.3 is 6.09 Å². The first kappa shape index (κ1) is 25.5. The second-order valence-electron chi connectivity index (χ2n) is 7.76. The lowest BCUT2D eigenvalue weighted by Crippen LogP contribution is -2.32. The van der Waals surface area contributed by atoms with E-state index in [1.54, 1.807) is 6.92 Å². The highest BCUT2D eigenvalue weighted by molar-refractivity contribution is 7.80. The predicted octanol–water partition coefficient (Wildman–Crippen LogP) is 5.09. The average Bonchev–Trinajstić information content (AvgIpc) is 2.69. The summed E-state index contributed by atoms with van der Waals surface area (Å²) in [5.41, 5.74) is 5.24. The maximum absolute atomic E-state index is 13.0. The largest absolute Gasteiger partial charge is 0.511 e. The molecule has 0 aliphatic heterocycles. The van der Waals surface area contributed by atoms with Gasteiger partial charge in [0.2, 0.25) is 0 Å². The minimum Gasteiger partial charge on any atom is -0.511 e. The Bertz CT molecular complexity index is 981. The second-order valence-corrected chi connectivity index (χ2v) is 8.17. The van der Waals surface area contributed by atoms with Crippen LogP contribution in [0, 0.1) is 20.8 Å². The van der Waals surface area contributed by atoms with Crippen LogP contribution >= 0.6 is 12.2 Å². The van der Waals surface area contributed by atoms with E-state index in [2.05, 4.69) is 10.5 Å². The molecule has 32 heavy (non-hydrogen) atoms. The number of aliphatic hydroxyl groups is 1. The number of aliphatic hydroxyl groups excluding tert-OH is 1. The molecule has 0 aromatic heterocycles. The van der Waals surface area contributed by atoms with Gasteiger partial charge in [-0.2, -0.15) is 0 Å². The number of thiocarbonyl (C=S) groups is 1. The summed E-state index contributed by atoms with van der Waals surface area (Å²) in [5, 5.41) is 17.4. The highest BCUT2D eigenvalue weighted by atomic mass is 32.1. The number of rotatable bonds is 7. The van der Waals surface area contributed by atoms with Gasteiger partial charge in [-0.1, -0.05) is 30.4 Å². The van der Waals surface area contributed by atoms with Crippen LogP contribution in [0.25, 0.3) is 0 Å². The normalized spacial score (nSPS) is 16.8. The van der Waals surface area contributed by atoms with Crippen molar-refractivity contribution < 1.29 is 24.3 Å². The van der Waals surface area contributed by atoms with Crippen molar-refractivity contribution in [3.63, 3.8) is 0 Å². The van der Waals surface area contributed by atoms with Crippen LogP contribution in [0.4, 0.5) is 4.79 Å². The van der Waals surface area contributed by atoms with Crippen LogP contribution in [-0.4, -0.2) is 40.9 Å². The first-order chi connectivity index (χ1) is 15.2. The molecule has 1 aromatic carbocycles. The Morgan fingerprint density at radius 3 is 2.44 bits per heavy atom. The standard InChI is InChI=1S/C24H32N2O5S/c1-7-17(26-31-9-3)22-18(27)11-16(12-19(22)28)20-13(4)10-14(5)21(15(20)6)23(32)25-24(29)30-8-2/h10,16,27H,7-9,11-12H2,1-6H3,(H,25,29,32)/b26-17-. The molecular weight excluding hydrogens is 428 g/mol. The molecule has 0 saturated carbocycles. The van der Waals surface area contributed by atoms with E-state index in [1.807, 2.05) is 40.7 Å². The number of hydrogen-bond acceptors (Lipinski definition) is 7. The molecular formula is C24H32N2O5S. The molecule has 0 fully saturated rings. The first-order valence-corrected chi connectivity index (χ1v) is 11.3. The number of oxime groups is 1. The fourth-order valence-electron chi connectivity index (χ4n) is 4.36. The van der Waals surface area contributed by atoms with E-state index in [0.29, 0.717) is 25.2 Å². The number of alkyl carbamates (subject to hydrolysis) is 1. The number of aryl methyl sites for hydroxylation is 2. The summed E-state index contributed by atoms with van der Waals surface area (Å²) in [6, 6.07) is 1.99. The number of carbonyl (C=O) groups excluding carboxylic acids is 2. The van der Waals surface area contributed by atoms with Gasteiger partial charge in [0.05, 0.1) is 17.9 Å². The van der Waals surface area contributed by atoms with Gasteiger partial charge in [0.15, 0.2) is 5.78 Å². The molecule has 2 N–H and O–H groups in total. The van der Waals surface area contributed by atoms with E-state index in [0.717, 1.165) is 27.8 Å². The third-order valence-electron chi connectivity index (χ3n) is 5.52. The van der Waals surface area contributed by atoms with Gasteiger partial charge in [0, 0.05) is 18.4 Å². The number of hydrogen-bond donors (Lipinski definition) is 2. The van der Waals surface area contributed by atoms with Crippen molar-refractivity contribution in [2.24, 2.45) is 5.16 Å². The lowest BCUT2D eigenvalue weighted by molar-refractivity contribution is -0.116. The van der Waals surface area contributed by atoms with Crippen LogP contribution in [0.1, 0.15) is 73.8 Å². The monoisotopic (exact) mass is 460 g/mol. The molecule has 0 saturated heterocycles. The van der Waals surface area contributed by atoms with Crippen molar-refractivity contribution in [3.05, 3.63) is 45.2 Å². The van der Waals surface area contributed by atoms with Crippen molar-refractivity contribution in [2.75, 3.05) is 13.2 Å². The highest BCUT2D eigenvalue weighted by Gasteiger charge is 2.33. The number of carbonyl (C=O) groups is 2. The number of benzene rings is 1. The van der Waals surface area contributed by atoms with Crippen LogP contribution < -0.4 is 5.32 Å². The zero-order chi connectivity index (χ0) is 24.0. The van der Waals surface area contributed by atoms with Crippen LogP contribution in [0.15, 0.2) is 22.6 Å². The summed E-state index contributed by atoms with van der Waals surface area (Å²) in [4.78, 5) is 30.3. The number of ketones is 1. The summed E-state index contributed by atoms with van der Waals surface area (Å²) in [6.07, 6.45) is 0.439. The first-order valence-electron chi connectivity index (χ1n) is 10.9. The number of ether oxygens (including phenoxy) is 1. The maximum atomic E-state index is 13.0. The molecule has 1 aliphatic rings. The Kier molecular flexibility index (Phi) is 8.95. The van der Waals surface area contributed by atoms with Crippen molar-refractivity contribution in [1.82, 2.24) is 5.32 Å². The predicted molar refractivity (Wildman–Crippen MR) is 128 cm³/mol. The van der Waals surface area contributed by atoms with Gasteiger partial charge in [-0.15, -0.1) is 0 Å². The molecule has 8 heteroatoms. The molecule has 1 atom stereocenters. The van der Waals surface area contributed by atoms with Crippen molar-refractivity contribution in [1.29, 1.82) is 0 Å². The van der Waals surface area contributed by atoms with Gasteiger partial charge in [0.1, 0.15) is 17.4 Å². The molecule has 0 heterocycles. The van der Waals surface area contributed by atoms with E-state index in [9.17, 15) is 14.7 Å². The number of nitrogens with one attached hydrogen (secondary N) is 1. The topological polar surface area (TPSA) is 97.2 Å². The van der Waals surface area contributed by atoms with Crippen molar-refractivity contribution in [3.8, 4) is 0 Å². The molecule has 174 valence electrons. The summed E-state index contributed by atoms with van der Waals surface area (Å²) in [5.74, 6) is -0.340.